The van der Waals surface area contributed by atoms with Crippen LogP contribution < -0.4 is 5.73 Å². The lowest BCUT2D eigenvalue weighted by atomic mass is 9.92. The molecule has 0 aromatic rings. The van der Waals surface area contributed by atoms with Crippen LogP contribution in [0.1, 0.15) is 33.6 Å². The monoisotopic (exact) mass is 173 g/mol. The summed E-state index contributed by atoms with van der Waals surface area (Å²) in [5.74, 6) is -0.568. The Bertz CT molecular complexity index is 145. The van der Waals surface area contributed by atoms with Gasteiger partial charge in [-0.25, -0.2) is 0 Å². The van der Waals surface area contributed by atoms with E-state index >= 15 is 0 Å². The quantitative estimate of drug-likeness (QED) is 0.661. The van der Waals surface area contributed by atoms with Crippen molar-refractivity contribution in [3.05, 3.63) is 0 Å². The first-order chi connectivity index (χ1) is 5.43. The van der Waals surface area contributed by atoms with Gasteiger partial charge in [0.05, 0.1) is 5.92 Å². The number of hydrogen-bond acceptors (Lipinski definition) is 2. The Labute approximate surface area is 74.0 Å². The second-order valence-corrected chi connectivity index (χ2v) is 3.79. The fourth-order valence-corrected chi connectivity index (χ4v) is 1.44. The minimum atomic E-state index is -0.716. The molecule has 3 atom stereocenters. The molecule has 0 saturated heterocycles. The second-order valence-electron chi connectivity index (χ2n) is 3.79. The molecule has 0 spiro atoms. The summed E-state index contributed by atoms with van der Waals surface area (Å²) < 4.78 is 0. The van der Waals surface area contributed by atoms with Gasteiger partial charge in [0.2, 0.25) is 0 Å². The van der Waals surface area contributed by atoms with Gasteiger partial charge in [-0.2, -0.15) is 0 Å². The van der Waals surface area contributed by atoms with Crippen molar-refractivity contribution in [1.29, 1.82) is 0 Å². The predicted molar refractivity (Wildman–Crippen MR) is 48.8 cm³/mol. The van der Waals surface area contributed by atoms with Crippen molar-refractivity contribution < 1.29 is 9.90 Å². The van der Waals surface area contributed by atoms with Crippen LogP contribution in [-0.4, -0.2) is 17.1 Å². The zero-order chi connectivity index (χ0) is 9.72. The molecule has 3 nitrogen and oxygen atoms in total. The molecule has 0 radical (unpaired) electrons. The standard InChI is InChI=1S/C9H19NO2/c1-6(5-8(3)10)4-7(2)9(11)12/h6-8H,4-5,10H2,1-3H3,(H,11,12)/t6-,7-,8-/m1/s1. The molecule has 0 rings (SSSR count). The normalized spacial score (nSPS) is 18.3. The van der Waals surface area contributed by atoms with E-state index in [1.54, 1.807) is 6.92 Å². The smallest absolute Gasteiger partial charge is 0.306 e. The van der Waals surface area contributed by atoms with Gasteiger partial charge in [0.15, 0.2) is 0 Å². The van der Waals surface area contributed by atoms with Crippen molar-refractivity contribution in [3.63, 3.8) is 0 Å². The summed E-state index contributed by atoms with van der Waals surface area (Å²) in [4.78, 5) is 10.5. The maximum absolute atomic E-state index is 10.5. The minimum absolute atomic E-state index is 0.168. The number of carboxylic acids is 1. The second kappa shape index (κ2) is 5.14. The highest BCUT2D eigenvalue weighted by molar-refractivity contribution is 5.69. The van der Waals surface area contributed by atoms with E-state index in [9.17, 15) is 4.79 Å². The lowest BCUT2D eigenvalue weighted by Gasteiger charge is -2.15. The fourth-order valence-electron chi connectivity index (χ4n) is 1.44. The highest BCUT2D eigenvalue weighted by Crippen LogP contribution is 2.16. The molecule has 0 aliphatic heterocycles. The molecule has 0 aromatic carbocycles. The highest BCUT2D eigenvalue weighted by atomic mass is 16.4. The molecule has 0 aliphatic rings. The van der Waals surface area contributed by atoms with Gasteiger partial charge < -0.3 is 10.8 Å². The molecular weight excluding hydrogens is 154 g/mol. The van der Waals surface area contributed by atoms with E-state index in [1.807, 2.05) is 13.8 Å². The van der Waals surface area contributed by atoms with Crippen LogP contribution in [0.4, 0.5) is 0 Å². The average molecular weight is 173 g/mol. The predicted octanol–water partition coefficient (Wildman–Crippen LogP) is 1.47. The van der Waals surface area contributed by atoms with Gasteiger partial charge in [0.25, 0.3) is 0 Å². The number of nitrogens with two attached hydrogens (primary N) is 1. The molecule has 3 heteroatoms. The number of carbonyl (C=O) groups is 1. The van der Waals surface area contributed by atoms with Crippen molar-refractivity contribution in [3.8, 4) is 0 Å². The first kappa shape index (κ1) is 11.4. The Kier molecular flexibility index (Phi) is 4.90. The third-order valence-corrected chi connectivity index (χ3v) is 1.95. The minimum Gasteiger partial charge on any atom is -0.481 e. The molecule has 0 unspecified atom stereocenters. The Morgan fingerprint density at radius 3 is 2.17 bits per heavy atom. The number of carboxylic acid groups (broad SMARTS) is 1. The summed E-state index contributed by atoms with van der Waals surface area (Å²) in [6.45, 7) is 5.73. The zero-order valence-electron chi connectivity index (χ0n) is 8.08. The Morgan fingerprint density at radius 2 is 1.83 bits per heavy atom. The van der Waals surface area contributed by atoms with E-state index in [2.05, 4.69) is 0 Å². The molecular formula is C9H19NO2. The van der Waals surface area contributed by atoms with E-state index in [-0.39, 0.29) is 12.0 Å². The molecule has 0 heterocycles. The Morgan fingerprint density at radius 1 is 1.33 bits per heavy atom. The van der Waals surface area contributed by atoms with Crippen molar-refractivity contribution in [2.45, 2.75) is 39.7 Å². The largest absolute Gasteiger partial charge is 0.481 e. The molecule has 0 amide bonds. The molecule has 0 aliphatic carbocycles. The Hall–Kier alpha value is -0.570. The van der Waals surface area contributed by atoms with Crippen LogP contribution in [0.5, 0.6) is 0 Å². The molecule has 0 aromatic heterocycles. The van der Waals surface area contributed by atoms with Gasteiger partial charge in [0.1, 0.15) is 0 Å². The van der Waals surface area contributed by atoms with Crippen LogP contribution in [-0.2, 0) is 4.79 Å². The van der Waals surface area contributed by atoms with E-state index in [0.29, 0.717) is 5.92 Å². The SMILES string of the molecule is C[C@H](C[C@@H](C)C(=O)O)C[C@@H](C)N. The zero-order valence-corrected chi connectivity index (χ0v) is 8.08. The van der Waals surface area contributed by atoms with Gasteiger partial charge in [-0.05, 0) is 25.7 Å². The van der Waals surface area contributed by atoms with Crippen LogP contribution in [0.15, 0.2) is 0 Å². The molecule has 12 heavy (non-hydrogen) atoms. The van der Waals surface area contributed by atoms with Gasteiger partial charge in [-0.1, -0.05) is 13.8 Å². The van der Waals surface area contributed by atoms with Crippen LogP contribution in [0, 0.1) is 11.8 Å². The Balaban J connectivity index is 3.68. The molecule has 3 N–H and O–H groups in total. The summed E-state index contributed by atoms with van der Waals surface area (Å²) >= 11 is 0. The van der Waals surface area contributed by atoms with Gasteiger partial charge >= 0.3 is 5.97 Å². The first-order valence-corrected chi connectivity index (χ1v) is 4.41. The lowest BCUT2D eigenvalue weighted by molar-refractivity contribution is -0.141. The van der Waals surface area contributed by atoms with E-state index in [0.717, 1.165) is 12.8 Å². The summed E-state index contributed by atoms with van der Waals surface area (Å²) in [7, 11) is 0. The van der Waals surface area contributed by atoms with Crippen molar-refractivity contribution in [2.75, 3.05) is 0 Å². The van der Waals surface area contributed by atoms with E-state index in [4.69, 9.17) is 10.8 Å². The van der Waals surface area contributed by atoms with Crippen molar-refractivity contribution >= 4 is 5.97 Å². The van der Waals surface area contributed by atoms with Gasteiger partial charge in [-0.3, -0.25) is 4.79 Å². The maximum atomic E-state index is 10.5. The van der Waals surface area contributed by atoms with E-state index < -0.39 is 5.97 Å². The first-order valence-electron chi connectivity index (χ1n) is 4.41. The van der Waals surface area contributed by atoms with Gasteiger partial charge in [-0.15, -0.1) is 0 Å². The molecule has 72 valence electrons. The number of rotatable bonds is 5. The average Bonchev–Trinajstić information content (AvgIpc) is 1.84. The van der Waals surface area contributed by atoms with Crippen LogP contribution >= 0.6 is 0 Å². The molecule has 0 fully saturated rings. The number of hydrogen-bond donors (Lipinski definition) is 2. The van der Waals surface area contributed by atoms with Crippen LogP contribution in [0.25, 0.3) is 0 Å². The third kappa shape index (κ3) is 5.13. The van der Waals surface area contributed by atoms with Crippen LogP contribution in [0.2, 0.25) is 0 Å². The molecule has 0 bridgehead atoms. The molecule has 0 saturated carbocycles. The third-order valence-electron chi connectivity index (χ3n) is 1.95. The van der Waals surface area contributed by atoms with Crippen molar-refractivity contribution in [2.24, 2.45) is 17.6 Å². The topological polar surface area (TPSA) is 63.3 Å². The summed E-state index contributed by atoms with van der Waals surface area (Å²) in [6.07, 6.45) is 1.62. The highest BCUT2D eigenvalue weighted by Gasteiger charge is 2.15. The lowest BCUT2D eigenvalue weighted by Crippen LogP contribution is -2.21. The number of aliphatic carboxylic acids is 1. The van der Waals surface area contributed by atoms with Crippen LogP contribution in [0.3, 0.4) is 0 Å². The fraction of sp³-hybridized carbons (Fsp3) is 0.889. The van der Waals surface area contributed by atoms with Crippen molar-refractivity contribution in [1.82, 2.24) is 0 Å². The maximum Gasteiger partial charge on any atom is 0.306 e. The summed E-state index contributed by atoms with van der Waals surface area (Å²) in [6, 6.07) is 0.168. The summed E-state index contributed by atoms with van der Waals surface area (Å²) in [5.41, 5.74) is 5.60. The summed E-state index contributed by atoms with van der Waals surface area (Å²) in [5, 5.41) is 8.63. The van der Waals surface area contributed by atoms with Gasteiger partial charge in [0, 0.05) is 6.04 Å². The van der Waals surface area contributed by atoms with E-state index in [1.165, 1.54) is 0 Å².